The van der Waals surface area contributed by atoms with Crippen molar-refractivity contribution < 1.29 is 27.4 Å². The van der Waals surface area contributed by atoms with Gasteiger partial charge in [-0.1, -0.05) is 134 Å². The molecule has 1 amide bonds. The molecule has 10 heteroatoms. The van der Waals surface area contributed by atoms with E-state index >= 15 is 0 Å². The van der Waals surface area contributed by atoms with Gasteiger partial charge in [-0.25, -0.2) is 13.2 Å². The van der Waals surface area contributed by atoms with Crippen LogP contribution in [0.4, 0.5) is 10.5 Å². The van der Waals surface area contributed by atoms with E-state index < -0.39 is 28.4 Å². The Kier molecular flexibility index (Phi) is 17.2. The Bertz CT molecular complexity index is 2120. The number of hydrogen-bond acceptors (Lipinski definition) is 7. The third-order valence-electron chi connectivity index (χ3n) is 11.1. The molecule has 5 aromatic carbocycles. The molecule has 6 rings (SSSR count). The number of sulfonamides is 1. The Morgan fingerprint density at radius 3 is 1.92 bits per heavy atom. The minimum atomic E-state index is -3.42. The molecule has 1 aliphatic rings. The van der Waals surface area contributed by atoms with Gasteiger partial charge in [-0.3, -0.25) is 9.62 Å². The zero-order valence-electron chi connectivity index (χ0n) is 35.1. The van der Waals surface area contributed by atoms with E-state index in [-0.39, 0.29) is 19.8 Å². The van der Waals surface area contributed by atoms with Crippen molar-refractivity contribution in [1.29, 1.82) is 0 Å². The molecule has 0 saturated heterocycles. The molecule has 2 N–H and O–H groups in total. The van der Waals surface area contributed by atoms with E-state index in [0.29, 0.717) is 37.1 Å². The van der Waals surface area contributed by atoms with Crippen LogP contribution >= 0.6 is 0 Å². The van der Waals surface area contributed by atoms with E-state index in [1.165, 1.54) is 11.1 Å². The van der Waals surface area contributed by atoms with Crippen molar-refractivity contribution >= 4 is 21.8 Å². The zero-order valence-corrected chi connectivity index (χ0v) is 35.9. The molecule has 0 aliphatic heterocycles. The van der Waals surface area contributed by atoms with Crippen LogP contribution in [0.25, 0.3) is 0 Å². The highest BCUT2D eigenvalue weighted by Crippen LogP contribution is 2.30. The highest BCUT2D eigenvalue weighted by atomic mass is 32.2. The standard InChI is InChI=1S/C50H61N3O6S/c1-3-33-51-47(45-29-28-43-22-13-14-23-44(43)35-45)24-15-25-48(57-36-40-16-7-4-8-17-40)49(58-37-41-18-9-5-10-19-41)53(50(54)59-38-42-20-11-6-12-21-42)34-32-39-26-30-46(31-27-39)52-60(2,55)56/h4-14,16-23,26-27,30-31,45,47-49,51-52H,3,15,24-25,28-29,32-38H2,1-2H3/t45?,47-,48?,49?/m0/s1. The summed E-state index contributed by atoms with van der Waals surface area (Å²) in [5.41, 5.74) is 7.23. The van der Waals surface area contributed by atoms with Crippen molar-refractivity contribution in [2.75, 3.05) is 24.1 Å². The number of fused-ring (bicyclic) bond motifs is 1. The molecule has 318 valence electrons. The van der Waals surface area contributed by atoms with Crippen molar-refractivity contribution in [2.24, 2.45) is 5.92 Å². The minimum Gasteiger partial charge on any atom is -0.444 e. The summed E-state index contributed by atoms with van der Waals surface area (Å²) in [5, 5.41) is 3.91. The smallest absolute Gasteiger partial charge is 0.412 e. The van der Waals surface area contributed by atoms with Gasteiger partial charge in [0.25, 0.3) is 0 Å². The van der Waals surface area contributed by atoms with Crippen LogP contribution in [0.3, 0.4) is 0 Å². The molecule has 4 atom stereocenters. The van der Waals surface area contributed by atoms with Crippen LogP contribution in [0, 0.1) is 5.92 Å². The lowest BCUT2D eigenvalue weighted by atomic mass is 9.78. The van der Waals surface area contributed by atoms with Gasteiger partial charge in [0.1, 0.15) is 12.7 Å². The number of hydrogen-bond donors (Lipinski definition) is 2. The first-order valence-electron chi connectivity index (χ1n) is 21.4. The van der Waals surface area contributed by atoms with Crippen molar-refractivity contribution in [1.82, 2.24) is 10.2 Å². The third-order valence-corrected chi connectivity index (χ3v) is 11.8. The van der Waals surface area contributed by atoms with Gasteiger partial charge in [0.05, 0.1) is 19.5 Å². The summed E-state index contributed by atoms with van der Waals surface area (Å²) in [4.78, 5) is 16.2. The maximum atomic E-state index is 14.5. The van der Waals surface area contributed by atoms with Crippen molar-refractivity contribution in [3.63, 3.8) is 0 Å². The fourth-order valence-electron chi connectivity index (χ4n) is 8.01. The number of amides is 1. The zero-order chi connectivity index (χ0) is 42.0. The number of nitrogens with one attached hydrogen (secondary N) is 2. The summed E-state index contributed by atoms with van der Waals surface area (Å²) in [6, 6.07) is 46.2. The Balaban J connectivity index is 1.28. The van der Waals surface area contributed by atoms with Gasteiger partial charge in [-0.2, -0.15) is 0 Å². The summed E-state index contributed by atoms with van der Waals surface area (Å²) >= 11 is 0. The normalized spacial score (nSPS) is 15.3. The number of aryl methyl sites for hydroxylation is 1. The molecular formula is C50H61N3O6S. The average Bonchev–Trinajstić information content (AvgIpc) is 3.27. The van der Waals surface area contributed by atoms with Crippen molar-refractivity contribution in [3.05, 3.63) is 173 Å². The van der Waals surface area contributed by atoms with Crippen LogP contribution in [0.2, 0.25) is 0 Å². The molecule has 5 aromatic rings. The van der Waals surface area contributed by atoms with E-state index in [9.17, 15) is 13.2 Å². The SMILES string of the molecule is CCCN[C@@H](CCCC(OCc1ccccc1)C(OCc1ccccc1)N(CCc1ccc(NS(C)(=O)=O)cc1)C(=O)OCc1ccccc1)C1CCc2ccccc2C1. The molecule has 0 aromatic heterocycles. The fourth-order valence-corrected chi connectivity index (χ4v) is 8.57. The van der Waals surface area contributed by atoms with Gasteiger partial charge in [-0.05, 0) is 109 Å². The topological polar surface area (TPSA) is 106 Å². The fraction of sp³-hybridized carbons (Fsp3) is 0.380. The predicted octanol–water partition coefficient (Wildman–Crippen LogP) is 9.71. The number of anilines is 1. The largest absolute Gasteiger partial charge is 0.444 e. The number of nitrogens with zero attached hydrogens (tertiary/aromatic N) is 1. The van der Waals surface area contributed by atoms with Gasteiger partial charge in [0.2, 0.25) is 10.0 Å². The van der Waals surface area contributed by atoms with Crippen LogP contribution in [0.1, 0.15) is 72.4 Å². The van der Waals surface area contributed by atoms with Gasteiger partial charge in [0, 0.05) is 18.3 Å². The minimum absolute atomic E-state index is 0.109. The van der Waals surface area contributed by atoms with E-state index in [0.717, 1.165) is 73.6 Å². The first kappa shape index (κ1) is 44.5. The number of benzene rings is 5. The Morgan fingerprint density at radius 1 is 0.717 bits per heavy atom. The molecule has 0 spiro atoms. The maximum Gasteiger partial charge on any atom is 0.412 e. The first-order valence-corrected chi connectivity index (χ1v) is 23.3. The average molecular weight is 832 g/mol. The van der Waals surface area contributed by atoms with E-state index in [2.05, 4.69) is 53.4 Å². The second-order valence-electron chi connectivity index (χ2n) is 15.8. The molecular weight excluding hydrogens is 771 g/mol. The molecule has 0 fully saturated rings. The molecule has 0 saturated carbocycles. The summed E-state index contributed by atoms with van der Waals surface area (Å²) in [6.45, 7) is 4.20. The molecule has 0 heterocycles. The number of carbonyl (C=O) groups excluding carboxylic acids is 1. The quantitative estimate of drug-likeness (QED) is 0.0632. The van der Waals surface area contributed by atoms with Gasteiger partial charge >= 0.3 is 6.09 Å². The summed E-state index contributed by atoms with van der Waals surface area (Å²) in [7, 11) is -3.42. The highest BCUT2D eigenvalue weighted by molar-refractivity contribution is 7.92. The van der Waals surface area contributed by atoms with Crippen molar-refractivity contribution in [2.45, 2.75) is 96.5 Å². The number of carbonyl (C=O) groups is 1. The molecule has 0 radical (unpaired) electrons. The molecule has 9 nitrogen and oxygen atoms in total. The van der Waals surface area contributed by atoms with Crippen LogP contribution < -0.4 is 10.0 Å². The molecule has 3 unspecified atom stereocenters. The van der Waals surface area contributed by atoms with Gasteiger partial charge in [-0.15, -0.1) is 0 Å². The summed E-state index contributed by atoms with van der Waals surface area (Å²) in [6.07, 6.45) is 6.72. The van der Waals surface area contributed by atoms with Crippen LogP contribution in [0.15, 0.2) is 140 Å². The van der Waals surface area contributed by atoms with E-state index in [4.69, 9.17) is 14.2 Å². The number of ether oxygens (including phenoxy) is 3. The van der Waals surface area contributed by atoms with Crippen LogP contribution in [0.5, 0.6) is 0 Å². The summed E-state index contributed by atoms with van der Waals surface area (Å²) in [5.74, 6) is 0.531. The highest BCUT2D eigenvalue weighted by Gasteiger charge is 2.35. The molecule has 0 bridgehead atoms. The maximum absolute atomic E-state index is 14.5. The lowest BCUT2D eigenvalue weighted by Gasteiger charge is -2.37. The Morgan fingerprint density at radius 2 is 1.30 bits per heavy atom. The van der Waals surface area contributed by atoms with Crippen LogP contribution in [-0.2, 0) is 63.3 Å². The third kappa shape index (κ3) is 14.3. The van der Waals surface area contributed by atoms with Crippen LogP contribution in [-0.4, -0.2) is 57.1 Å². The second-order valence-corrected chi connectivity index (χ2v) is 17.6. The van der Waals surface area contributed by atoms with Gasteiger partial charge < -0.3 is 19.5 Å². The van der Waals surface area contributed by atoms with Gasteiger partial charge in [0.15, 0.2) is 6.23 Å². The lowest BCUT2D eigenvalue weighted by molar-refractivity contribution is -0.150. The predicted molar refractivity (Wildman–Crippen MR) is 240 cm³/mol. The van der Waals surface area contributed by atoms with E-state index in [1.54, 1.807) is 17.0 Å². The Hall–Kier alpha value is -5.00. The molecule has 1 aliphatic carbocycles. The molecule has 60 heavy (non-hydrogen) atoms. The number of rotatable bonds is 23. The first-order chi connectivity index (χ1) is 29.2. The second kappa shape index (κ2) is 23.1. The monoisotopic (exact) mass is 831 g/mol. The Labute approximate surface area is 357 Å². The summed E-state index contributed by atoms with van der Waals surface area (Å²) < 4.78 is 46.1. The van der Waals surface area contributed by atoms with E-state index in [1.807, 2.05) is 91.0 Å². The van der Waals surface area contributed by atoms with Crippen molar-refractivity contribution in [3.8, 4) is 0 Å². The lowest BCUT2D eigenvalue weighted by Crippen LogP contribution is -2.50.